The van der Waals surface area contributed by atoms with Gasteiger partial charge in [-0.2, -0.15) is 0 Å². The normalized spacial score (nSPS) is 18.1. The highest BCUT2D eigenvalue weighted by Gasteiger charge is 2.31. The molecule has 0 radical (unpaired) electrons. The predicted octanol–water partition coefficient (Wildman–Crippen LogP) is 5.92. The lowest BCUT2D eigenvalue weighted by molar-refractivity contribution is 0.0786. The molecule has 0 atom stereocenters. The number of hydrogen-bond donors (Lipinski definition) is 3. The summed E-state index contributed by atoms with van der Waals surface area (Å²) in [6.45, 7) is 6.94. The molecule has 7 nitrogen and oxygen atoms in total. The number of fused-ring (bicyclic) bond motifs is 1. The summed E-state index contributed by atoms with van der Waals surface area (Å²) in [6.07, 6.45) is 3.00. The van der Waals surface area contributed by atoms with E-state index < -0.39 is 11.6 Å². The number of aromatic nitrogens is 1. The smallest absolute Gasteiger partial charge is 0.407 e. The Morgan fingerprint density at radius 1 is 1.00 bits per heavy atom. The minimum Gasteiger partial charge on any atom is -0.508 e. The van der Waals surface area contributed by atoms with Crippen LogP contribution < -0.4 is 5.32 Å². The lowest BCUT2D eigenvalue weighted by Gasteiger charge is -2.38. The number of hydrogen-bond acceptors (Lipinski definition) is 4. The molecule has 1 aliphatic rings. The first-order valence-electron chi connectivity index (χ1n) is 12.6. The molecule has 0 unspecified atom stereocenters. The second kappa shape index (κ2) is 10.6. The van der Waals surface area contributed by atoms with Crippen LogP contribution in [0.1, 0.15) is 56.8 Å². The van der Waals surface area contributed by atoms with Crippen LogP contribution in [0.15, 0.2) is 54.6 Å². The molecule has 1 aliphatic carbocycles. The fourth-order valence-corrected chi connectivity index (χ4v) is 4.99. The van der Waals surface area contributed by atoms with Crippen LogP contribution in [-0.4, -0.2) is 50.7 Å². The first-order valence-corrected chi connectivity index (χ1v) is 12.6. The third kappa shape index (κ3) is 5.96. The number of nitrogens with zero attached hydrogens (tertiary/aromatic N) is 2. The van der Waals surface area contributed by atoms with Crippen LogP contribution in [0.3, 0.4) is 0 Å². The summed E-state index contributed by atoms with van der Waals surface area (Å²) < 4.78 is 0. The Balaban J connectivity index is 1.41. The van der Waals surface area contributed by atoms with E-state index in [1.165, 1.54) is 0 Å². The molecule has 2 aromatic carbocycles. The van der Waals surface area contributed by atoms with Gasteiger partial charge in [-0.25, -0.2) is 9.78 Å². The maximum atomic E-state index is 13.3. The number of nitrogens with one attached hydrogen (secondary N) is 1. The Bertz CT molecular complexity index is 1230. The molecule has 1 aromatic heterocycles. The molecular formula is C29H35N3O4. The lowest BCUT2D eigenvalue weighted by atomic mass is 9.81. The average Bonchev–Trinajstić information content (AvgIpc) is 2.85. The van der Waals surface area contributed by atoms with Crippen molar-refractivity contribution in [1.82, 2.24) is 15.2 Å². The third-order valence-electron chi connectivity index (χ3n) is 7.12. The van der Waals surface area contributed by atoms with Gasteiger partial charge in [0.25, 0.3) is 5.91 Å². The molecule has 2 amide bonds. The molecule has 7 heteroatoms. The fourth-order valence-electron chi connectivity index (χ4n) is 4.99. The van der Waals surface area contributed by atoms with Crippen LogP contribution in [0.2, 0.25) is 0 Å². The van der Waals surface area contributed by atoms with Gasteiger partial charge >= 0.3 is 6.09 Å². The minimum absolute atomic E-state index is 0.125. The SMILES string of the molecule is CC(C)(C)N(C[C@H]1CC[C@H](CNC(=O)c2cc(-c3ccc(O)cc3)nc3ccccc23)CC1)C(=O)O. The van der Waals surface area contributed by atoms with Gasteiger partial charge in [0.05, 0.1) is 16.8 Å². The van der Waals surface area contributed by atoms with Crippen LogP contribution in [0.5, 0.6) is 5.75 Å². The largest absolute Gasteiger partial charge is 0.508 e. The van der Waals surface area contributed by atoms with E-state index >= 15 is 0 Å². The second-order valence-corrected chi connectivity index (χ2v) is 10.8. The van der Waals surface area contributed by atoms with E-state index in [1.807, 2.05) is 51.1 Å². The number of pyridine rings is 1. The van der Waals surface area contributed by atoms with Crippen molar-refractivity contribution in [3.8, 4) is 17.0 Å². The number of rotatable bonds is 6. The van der Waals surface area contributed by atoms with Crippen LogP contribution >= 0.6 is 0 Å². The zero-order valence-corrected chi connectivity index (χ0v) is 21.2. The van der Waals surface area contributed by atoms with Crippen molar-refractivity contribution in [2.24, 2.45) is 11.8 Å². The number of phenols is 1. The quantitative estimate of drug-likeness (QED) is 0.399. The number of carbonyl (C=O) groups is 2. The van der Waals surface area contributed by atoms with E-state index in [-0.39, 0.29) is 11.7 Å². The number of para-hydroxylation sites is 1. The summed E-state index contributed by atoms with van der Waals surface area (Å²) in [6, 6.07) is 16.2. The summed E-state index contributed by atoms with van der Waals surface area (Å²) in [5.74, 6) is 0.786. The fraction of sp³-hybridized carbons (Fsp3) is 0.414. The number of carbonyl (C=O) groups excluding carboxylic acids is 1. The number of phenolic OH excluding ortho intramolecular Hbond substituents is 1. The predicted molar refractivity (Wildman–Crippen MR) is 141 cm³/mol. The monoisotopic (exact) mass is 489 g/mol. The van der Waals surface area contributed by atoms with Crippen LogP contribution in [0.4, 0.5) is 4.79 Å². The highest BCUT2D eigenvalue weighted by atomic mass is 16.4. The van der Waals surface area contributed by atoms with Gasteiger partial charge < -0.3 is 20.4 Å². The summed E-state index contributed by atoms with van der Waals surface area (Å²) >= 11 is 0. The summed E-state index contributed by atoms with van der Waals surface area (Å²) in [5, 5.41) is 23.1. The van der Waals surface area contributed by atoms with Gasteiger partial charge in [0.2, 0.25) is 0 Å². The van der Waals surface area contributed by atoms with Crippen molar-refractivity contribution < 1.29 is 19.8 Å². The van der Waals surface area contributed by atoms with Crippen LogP contribution in [0, 0.1) is 11.8 Å². The molecule has 36 heavy (non-hydrogen) atoms. The molecule has 0 saturated heterocycles. The van der Waals surface area contributed by atoms with E-state index in [2.05, 4.69) is 5.32 Å². The molecule has 3 aromatic rings. The van der Waals surface area contributed by atoms with E-state index in [0.717, 1.165) is 42.1 Å². The van der Waals surface area contributed by atoms with Gasteiger partial charge in [0.1, 0.15) is 5.75 Å². The zero-order valence-electron chi connectivity index (χ0n) is 21.2. The van der Waals surface area contributed by atoms with Gasteiger partial charge in [-0.3, -0.25) is 4.79 Å². The van der Waals surface area contributed by atoms with Gasteiger partial charge in [0, 0.05) is 29.6 Å². The maximum absolute atomic E-state index is 13.3. The first kappa shape index (κ1) is 25.5. The summed E-state index contributed by atoms with van der Waals surface area (Å²) in [4.78, 5) is 31.2. The average molecular weight is 490 g/mol. The van der Waals surface area contributed by atoms with Crippen molar-refractivity contribution in [2.75, 3.05) is 13.1 Å². The molecule has 3 N–H and O–H groups in total. The van der Waals surface area contributed by atoms with Crippen molar-refractivity contribution in [3.63, 3.8) is 0 Å². The van der Waals surface area contributed by atoms with Gasteiger partial charge in [-0.1, -0.05) is 18.2 Å². The van der Waals surface area contributed by atoms with Crippen LogP contribution in [-0.2, 0) is 0 Å². The van der Waals surface area contributed by atoms with Crippen LogP contribution in [0.25, 0.3) is 22.2 Å². The number of amides is 2. The molecular weight excluding hydrogens is 454 g/mol. The molecule has 4 rings (SSSR count). The van der Waals surface area contributed by atoms with Gasteiger partial charge in [0.15, 0.2) is 0 Å². The van der Waals surface area contributed by atoms with Gasteiger partial charge in [-0.15, -0.1) is 0 Å². The Morgan fingerprint density at radius 2 is 1.64 bits per heavy atom. The molecule has 0 aliphatic heterocycles. The highest BCUT2D eigenvalue weighted by molar-refractivity contribution is 6.07. The summed E-state index contributed by atoms with van der Waals surface area (Å²) in [5.41, 5.74) is 2.43. The molecule has 1 fully saturated rings. The Labute approximate surface area is 212 Å². The lowest BCUT2D eigenvalue weighted by Crippen LogP contribution is -2.47. The zero-order chi connectivity index (χ0) is 25.9. The topological polar surface area (TPSA) is 103 Å². The third-order valence-corrected chi connectivity index (χ3v) is 7.12. The Morgan fingerprint density at radius 3 is 2.28 bits per heavy atom. The Kier molecular flexibility index (Phi) is 7.48. The second-order valence-electron chi connectivity index (χ2n) is 10.8. The number of benzene rings is 2. The molecule has 1 heterocycles. The first-order chi connectivity index (χ1) is 17.1. The van der Waals surface area contributed by atoms with Crippen molar-refractivity contribution >= 4 is 22.9 Å². The molecule has 0 bridgehead atoms. The number of carboxylic acid groups (broad SMARTS) is 1. The molecule has 1 saturated carbocycles. The van der Waals surface area contributed by atoms with E-state index in [9.17, 15) is 19.8 Å². The Hall–Kier alpha value is -3.61. The minimum atomic E-state index is -0.867. The maximum Gasteiger partial charge on any atom is 0.407 e. The van der Waals surface area contributed by atoms with Crippen molar-refractivity contribution in [3.05, 3.63) is 60.2 Å². The summed E-state index contributed by atoms with van der Waals surface area (Å²) in [7, 11) is 0. The molecule has 0 spiro atoms. The van der Waals surface area contributed by atoms with E-state index in [4.69, 9.17) is 4.98 Å². The van der Waals surface area contributed by atoms with Crippen molar-refractivity contribution in [2.45, 2.75) is 52.0 Å². The highest BCUT2D eigenvalue weighted by Crippen LogP contribution is 2.31. The van der Waals surface area contributed by atoms with E-state index in [1.54, 1.807) is 29.2 Å². The number of aromatic hydroxyl groups is 1. The molecule has 190 valence electrons. The van der Waals surface area contributed by atoms with Gasteiger partial charge in [-0.05, 0) is 94.7 Å². The standard InChI is InChI=1S/C29H35N3O4/c1-29(2,3)32(28(35)36)18-20-10-8-19(9-11-20)17-30-27(34)24-16-26(21-12-14-22(33)15-13-21)31-25-7-5-4-6-23(24)25/h4-7,12-16,19-20,33H,8-11,17-18H2,1-3H3,(H,30,34)(H,35,36)/t19-,20-. The van der Waals surface area contributed by atoms with Crippen molar-refractivity contribution in [1.29, 1.82) is 0 Å². The van der Waals surface area contributed by atoms with E-state index in [0.29, 0.717) is 36.2 Å².